The summed E-state index contributed by atoms with van der Waals surface area (Å²) in [5.74, 6) is 1.13. The number of hydrogen-bond acceptors (Lipinski definition) is 2. The van der Waals surface area contributed by atoms with Crippen molar-refractivity contribution in [2.24, 2.45) is 11.8 Å². The lowest BCUT2D eigenvalue weighted by atomic mass is 9.76. The minimum atomic E-state index is -0.306. The number of hydrogen-bond donors (Lipinski definition) is 2. The normalized spacial score (nSPS) is 43.0. The summed E-state index contributed by atoms with van der Waals surface area (Å²) in [4.78, 5) is 0. The first-order valence-electron chi connectivity index (χ1n) is 5.20. The van der Waals surface area contributed by atoms with E-state index in [1.807, 2.05) is 0 Å². The molecule has 2 N–H and O–H groups in total. The van der Waals surface area contributed by atoms with Crippen LogP contribution in [0.1, 0.15) is 32.6 Å². The SMILES string of the molecule is CCC1CNCCC1(O)C1CC1. The molecule has 2 unspecified atom stereocenters. The molecule has 0 aromatic rings. The monoisotopic (exact) mass is 169 g/mol. The predicted octanol–water partition coefficient (Wildman–Crippen LogP) is 1.15. The van der Waals surface area contributed by atoms with Crippen molar-refractivity contribution in [3.05, 3.63) is 0 Å². The van der Waals surface area contributed by atoms with E-state index >= 15 is 0 Å². The van der Waals surface area contributed by atoms with Crippen molar-refractivity contribution in [2.45, 2.75) is 38.2 Å². The zero-order valence-electron chi connectivity index (χ0n) is 7.84. The molecule has 2 fully saturated rings. The van der Waals surface area contributed by atoms with Crippen LogP contribution in [0.5, 0.6) is 0 Å². The topological polar surface area (TPSA) is 32.3 Å². The molecule has 0 bridgehead atoms. The van der Waals surface area contributed by atoms with Crippen LogP contribution in [0.15, 0.2) is 0 Å². The van der Waals surface area contributed by atoms with E-state index in [0.717, 1.165) is 25.9 Å². The minimum Gasteiger partial charge on any atom is -0.389 e. The Hall–Kier alpha value is -0.0800. The van der Waals surface area contributed by atoms with Crippen LogP contribution < -0.4 is 5.32 Å². The van der Waals surface area contributed by atoms with Crippen molar-refractivity contribution in [1.82, 2.24) is 5.32 Å². The molecule has 1 aliphatic heterocycles. The maximum absolute atomic E-state index is 10.4. The average molecular weight is 169 g/mol. The van der Waals surface area contributed by atoms with Crippen LogP contribution >= 0.6 is 0 Å². The highest BCUT2D eigenvalue weighted by Crippen LogP contribution is 2.47. The smallest absolute Gasteiger partial charge is 0.0727 e. The molecule has 0 aromatic carbocycles. The predicted molar refractivity (Wildman–Crippen MR) is 48.9 cm³/mol. The summed E-state index contributed by atoms with van der Waals surface area (Å²) in [6.07, 6.45) is 4.59. The van der Waals surface area contributed by atoms with E-state index in [4.69, 9.17) is 0 Å². The van der Waals surface area contributed by atoms with Crippen molar-refractivity contribution < 1.29 is 5.11 Å². The van der Waals surface area contributed by atoms with Gasteiger partial charge < -0.3 is 10.4 Å². The first-order chi connectivity index (χ1) is 5.77. The van der Waals surface area contributed by atoms with E-state index in [1.165, 1.54) is 12.8 Å². The molecule has 2 aliphatic rings. The molecule has 1 heterocycles. The summed E-state index contributed by atoms with van der Waals surface area (Å²) >= 11 is 0. The first kappa shape index (κ1) is 8.52. The molecule has 2 rings (SSSR count). The van der Waals surface area contributed by atoms with Crippen LogP contribution in [0.25, 0.3) is 0 Å². The van der Waals surface area contributed by atoms with Crippen molar-refractivity contribution in [2.75, 3.05) is 13.1 Å². The quantitative estimate of drug-likeness (QED) is 0.650. The Bertz CT molecular complexity index is 167. The van der Waals surface area contributed by atoms with Gasteiger partial charge in [-0.25, -0.2) is 0 Å². The Kier molecular flexibility index (Phi) is 2.13. The summed E-state index contributed by atoms with van der Waals surface area (Å²) in [5.41, 5.74) is -0.306. The molecule has 2 atom stereocenters. The number of aliphatic hydroxyl groups is 1. The van der Waals surface area contributed by atoms with Gasteiger partial charge in [0.25, 0.3) is 0 Å². The Balaban J connectivity index is 2.07. The molecule has 1 saturated heterocycles. The Labute approximate surface area is 74.4 Å². The Morgan fingerprint density at radius 2 is 2.25 bits per heavy atom. The molecule has 2 nitrogen and oxygen atoms in total. The van der Waals surface area contributed by atoms with E-state index in [9.17, 15) is 5.11 Å². The van der Waals surface area contributed by atoms with Gasteiger partial charge in [-0.15, -0.1) is 0 Å². The van der Waals surface area contributed by atoms with E-state index < -0.39 is 0 Å². The number of piperidine rings is 1. The van der Waals surface area contributed by atoms with E-state index in [2.05, 4.69) is 12.2 Å². The highest BCUT2D eigenvalue weighted by Gasteiger charge is 2.49. The molecule has 0 radical (unpaired) electrons. The number of rotatable bonds is 2. The van der Waals surface area contributed by atoms with Gasteiger partial charge in [-0.1, -0.05) is 6.92 Å². The summed E-state index contributed by atoms with van der Waals surface area (Å²) < 4.78 is 0. The third kappa shape index (κ3) is 1.27. The molecule has 70 valence electrons. The van der Waals surface area contributed by atoms with Crippen molar-refractivity contribution >= 4 is 0 Å². The fourth-order valence-electron chi connectivity index (χ4n) is 2.56. The molecular formula is C10H19NO. The standard InChI is InChI=1S/C10H19NO/c1-2-8-7-11-6-5-10(8,12)9-3-4-9/h8-9,11-12H,2-7H2,1H3. The van der Waals surface area contributed by atoms with Crippen molar-refractivity contribution in [1.29, 1.82) is 0 Å². The van der Waals surface area contributed by atoms with Crippen LogP contribution in [0.2, 0.25) is 0 Å². The fourth-order valence-corrected chi connectivity index (χ4v) is 2.56. The first-order valence-corrected chi connectivity index (χ1v) is 5.20. The lowest BCUT2D eigenvalue weighted by Crippen LogP contribution is -2.51. The molecule has 1 aliphatic carbocycles. The largest absolute Gasteiger partial charge is 0.389 e. The Morgan fingerprint density at radius 1 is 1.50 bits per heavy atom. The van der Waals surface area contributed by atoms with Gasteiger partial charge in [0, 0.05) is 12.5 Å². The van der Waals surface area contributed by atoms with Crippen molar-refractivity contribution in [3.63, 3.8) is 0 Å². The highest BCUT2D eigenvalue weighted by molar-refractivity contribution is 5.01. The van der Waals surface area contributed by atoms with E-state index in [-0.39, 0.29) is 5.60 Å². The molecule has 0 aromatic heterocycles. The van der Waals surface area contributed by atoms with Gasteiger partial charge in [0.2, 0.25) is 0 Å². The fraction of sp³-hybridized carbons (Fsp3) is 1.00. The zero-order valence-corrected chi connectivity index (χ0v) is 7.84. The summed E-state index contributed by atoms with van der Waals surface area (Å²) in [6, 6.07) is 0. The van der Waals surface area contributed by atoms with Crippen LogP contribution in [0.4, 0.5) is 0 Å². The highest BCUT2D eigenvalue weighted by atomic mass is 16.3. The van der Waals surface area contributed by atoms with Crippen LogP contribution in [-0.2, 0) is 0 Å². The maximum atomic E-state index is 10.4. The van der Waals surface area contributed by atoms with Gasteiger partial charge in [0.1, 0.15) is 0 Å². The summed E-state index contributed by atoms with van der Waals surface area (Å²) in [7, 11) is 0. The molecule has 1 saturated carbocycles. The lowest BCUT2D eigenvalue weighted by Gasteiger charge is -2.40. The lowest BCUT2D eigenvalue weighted by molar-refractivity contribution is -0.0608. The second kappa shape index (κ2) is 3.00. The van der Waals surface area contributed by atoms with Crippen LogP contribution in [-0.4, -0.2) is 23.8 Å². The maximum Gasteiger partial charge on any atom is 0.0727 e. The summed E-state index contributed by atoms with van der Waals surface area (Å²) in [5, 5.41) is 13.8. The van der Waals surface area contributed by atoms with E-state index in [0.29, 0.717) is 11.8 Å². The van der Waals surface area contributed by atoms with Crippen LogP contribution in [0.3, 0.4) is 0 Å². The average Bonchev–Trinajstić information content (AvgIpc) is 2.87. The molecule has 0 spiro atoms. The number of nitrogens with one attached hydrogen (secondary N) is 1. The van der Waals surface area contributed by atoms with Gasteiger partial charge in [0.05, 0.1) is 5.60 Å². The second-order valence-corrected chi connectivity index (χ2v) is 4.32. The second-order valence-electron chi connectivity index (χ2n) is 4.32. The van der Waals surface area contributed by atoms with Gasteiger partial charge in [-0.05, 0) is 38.1 Å². The van der Waals surface area contributed by atoms with Gasteiger partial charge in [0.15, 0.2) is 0 Å². The minimum absolute atomic E-state index is 0.306. The van der Waals surface area contributed by atoms with Crippen molar-refractivity contribution in [3.8, 4) is 0 Å². The molecule has 0 amide bonds. The zero-order chi connectivity index (χ0) is 8.60. The molecular weight excluding hydrogens is 150 g/mol. The third-order valence-electron chi connectivity index (χ3n) is 3.58. The van der Waals surface area contributed by atoms with Gasteiger partial charge in [-0.2, -0.15) is 0 Å². The summed E-state index contributed by atoms with van der Waals surface area (Å²) in [6.45, 7) is 4.21. The van der Waals surface area contributed by atoms with E-state index in [1.54, 1.807) is 0 Å². The Morgan fingerprint density at radius 3 is 2.83 bits per heavy atom. The van der Waals surface area contributed by atoms with Gasteiger partial charge >= 0.3 is 0 Å². The third-order valence-corrected chi connectivity index (χ3v) is 3.58. The van der Waals surface area contributed by atoms with Gasteiger partial charge in [-0.3, -0.25) is 0 Å². The van der Waals surface area contributed by atoms with Crippen LogP contribution in [0, 0.1) is 11.8 Å². The molecule has 12 heavy (non-hydrogen) atoms. The molecule has 2 heteroatoms.